The molecule has 0 heterocycles. The lowest BCUT2D eigenvalue weighted by molar-refractivity contribution is 0.463. The Hall–Kier alpha value is -0.960. The third kappa shape index (κ3) is 4.00. The lowest BCUT2D eigenvalue weighted by atomic mass is 10.4. The summed E-state index contributed by atoms with van der Waals surface area (Å²) in [6.45, 7) is 0.736. The molecule has 1 aromatic carbocycles. The molecule has 0 aromatic heterocycles. The van der Waals surface area contributed by atoms with Crippen molar-refractivity contribution in [2.24, 2.45) is 5.73 Å². The van der Waals surface area contributed by atoms with Gasteiger partial charge in [-0.05, 0) is 37.2 Å². The molecular weight excluding hydrogens is 288 g/mol. The van der Waals surface area contributed by atoms with Crippen molar-refractivity contribution < 1.29 is 16.8 Å². The van der Waals surface area contributed by atoms with Crippen LogP contribution in [0.25, 0.3) is 0 Å². The minimum atomic E-state index is -3.59. The van der Waals surface area contributed by atoms with Crippen LogP contribution >= 0.6 is 0 Å². The van der Waals surface area contributed by atoms with Crippen LogP contribution in [0.2, 0.25) is 0 Å². The van der Waals surface area contributed by atoms with Crippen molar-refractivity contribution in [1.82, 2.24) is 4.31 Å². The second kappa shape index (κ2) is 6.00. The monoisotopic (exact) mass is 306 g/mol. The number of nitrogens with zero attached hydrogens (tertiary/aromatic N) is 1. The summed E-state index contributed by atoms with van der Waals surface area (Å²) in [5, 5.41) is 0. The SMILES string of the molecule is CN(CCCN)S(=O)(=O)c1ccc(S(C)(=O)=O)cc1. The van der Waals surface area contributed by atoms with Crippen LogP contribution in [0.3, 0.4) is 0 Å². The van der Waals surface area contributed by atoms with Gasteiger partial charge in [0.25, 0.3) is 0 Å². The zero-order chi connectivity index (χ0) is 14.7. The van der Waals surface area contributed by atoms with Gasteiger partial charge in [-0.15, -0.1) is 0 Å². The Bertz CT molecular complexity index is 621. The molecule has 0 fully saturated rings. The van der Waals surface area contributed by atoms with Gasteiger partial charge in [0.1, 0.15) is 0 Å². The fraction of sp³-hybridized carbons (Fsp3) is 0.455. The third-order valence-corrected chi connectivity index (χ3v) is 5.64. The molecule has 0 bridgehead atoms. The van der Waals surface area contributed by atoms with Crippen molar-refractivity contribution in [2.45, 2.75) is 16.2 Å². The van der Waals surface area contributed by atoms with Crippen LogP contribution < -0.4 is 5.73 Å². The Balaban J connectivity index is 3.03. The molecule has 0 radical (unpaired) electrons. The molecule has 2 N–H and O–H groups in total. The first-order chi connectivity index (χ1) is 8.69. The normalized spacial score (nSPS) is 12.8. The first-order valence-electron chi connectivity index (χ1n) is 5.66. The maximum atomic E-state index is 12.1. The van der Waals surface area contributed by atoms with Gasteiger partial charge in [0.05, 0.1) is 9.79 Å². The third-order valence-electron chi connectivity index (χ3n) is 2.64. The van der Waals surface area contributed by atoms with E-state index in [4.69, 9.17) is 5.73 Å². The summed E-state index contributed by atoms with van der Waals surface area (Å²) in [5.74, 6) is 0. The number of sulfonamides is 1. The first kappa shape index (κ1) is 16.1. The molecule has 0 aliphatic rings. The molecule has 108 valence electrons. The second-order valence-corrected chi connectivity index (χ2v) is 8.27. The maximum Gasteiger partial charge on any atom is 0.242 e. The second-order valence-electron chi connectivity index (χ2n) is 4.21. The van der Waals surface area contributed by atoms with Gasteiger partial charge in [0, 0.05) is 19.8 Å². The molecule has 0 atom stereocenters. The van der Waals surface area contributed by atoms with Crippen LogP contribution in [0.5, 0.6) is 0 Å². The van der Waals surface area contributed by atoms with Crippen molar-refractivity contribution in [2.75, 3.05) is 26.4 Å². The summed E-state index contributed by atoms with van der Waals surface area (Å²) < 4.78 is 48.1. The maximum absolute atomic E-state index is 12.1. The summed E-state index contributed by atoms with van der Waals surface area (Å²) >= 11 is 0. The van der Waals surface area contributed by atoms with Crippen molar-refractivity contribution in [3.63, 3.8) is 0 Å². The van der Waals surface area contributed by atoms with E-state index in [1.54, 1.807) is 0 Å². The average molecular weight is 306 g/mol. The largest absolute Gasteiger partial charge is 0.330 e. The van der Waals surface area contributed by atoms with Gasteiger partial charge in [0.15, 0.2) is 9.84 Å². The zero-order valence-electron chi connectivity index (χ0n) is 10.9. The van der Waals surface area contributed by atoms with Crippen LogP contribution in [-0.2, 0) is 19.9 Å². The molecule has 1 aromatic rings. The van der Waals surface area contributed by atoms with Crippen molar-refractivity contribution >= 4 is 19.9 Å². The molecule has 1 rings (SSSR count). The molecule has 0 aliphatic heterocycles. The predicted octanol–water partition coefficient (Wildman–Crippen LogP) is 0.0594. The summed E-state index contributed by atoms with van der Waals surface area (Å²) in [7, 11) is -5.45. The average Bonchev–Trinajstić information content (AvgIpc) is 2.35. The molecule has 0 saturated heterocycles. The van der Waals surface area contributed by atoms with Crippen molar-refractivity contribution in [3.05, 3.63) is 24.3 Å². The van der Waals surface area contributed by atoms with E-state index in [9.17, 15) is 16.8 Å². The molecular formula is C11H18N2O4S2. The van der Waals surface area contributed by atoms with E-state index in [1.165, 1.54) is 35.6 Å². The topological polar surface area (TPSA) is 97.5 Å². The highest BCUT2D eigenvalue weighted by atomic mass is 32.2. The van der Waals surface area contributed by atoms with Crippen LogP contribution in [0, 0.1) is 0 Å². The highest BCUT2D eigenvalue weighted by Crippen LogP contribution is 2.17. The molecule has 0 aliphatic carbocycles. The van der Waals surface area contributed by atoms with E-state index in [-0.39, 0.29) is 9.79 Å². The molecule has 0 spiro atoms. The van der Waals surface area contributed by atoms with Crippen molar-refractivity contribution in [3.8, 4) is 0 Å². The number of rotatable bonds is 6. The summed E-state index contributed by atoms with van der Waals surface area (Å²) in [5.41, 5.74) is 5.34. The molecule has 6 nitrogen and oxygen atoms in total. The van der Waals surface area contributed by atoms with Gasteiger partial charge in [-0.25, -0.2) is 21.1 Å². The number of benzene rings is 1. The number of hydrogen-bond acceptors (Lipinski definition) is 5. The van der Waals surface area contributed by atoms with Gasteiger partial charge in [-0.1, -0.05) is 0 Å². The molecule has 0 amide bonds. The van der Waals surface area contributed by atoms with Gasteiger partial charge in [-0.2, -0.15) is 0 Å². The van der Waals surface area contributed by atoms with Crippen LogP contribution in [-0.4, -0.2) is 47.5 Å². The summed E-state index contributed by atoms with van der Waals surface area (Å²) in [4.78, 5) is 0.162. The minimum absolute atomic E-state index is 0.0689. The molecule has 8 heteroatoms. The summed E-state index contributed by atoms with van der Waals surface area (Å²) in [6.07, 6.45) is 1.64. The first-order valence-corrected chi connectivity index (χ1v) is 8.99. The Labute approximate surface area is 114 Å². The highest BCUT2D eigenvalue weighted by Gasteiger charge is 2.20. The molecule has 19 heavy (non-hydrogen) atoms. The smallest absolute Gasteiger partial charge is 0.242 e. The predicted molar refractivity (Wildman–Crippen MR) is 73.0 cm³/mol. The fourth-order valence-electron chi connectivity index (χ4n) is 1.47. The Kier molecular flexibility index (Phi) is 5.08. The van der Waals surface area contributed by atoms with Crippen LogP contribution in [0.1, 0.15) is 6.42 Å². The van der Waals surface area contributed by atoms with E-state index in [0.29, 0.717) is 19.5 Å². The van der Waals surface area contributed by atoms with E-state index in [1.807, 2.05) is 0 Å². The Morgan fingerprint density at radius 3 is 1.95 bits per heavy atom. The Morgan fingerprint density at radius 1 is 1.05 bits per heavy atom. The van der Waals surface area contributed by atoms with Crippen molar-refractivity contribution in [1.29, 1.82) is 0 Å². The van der Waals surface area contributed by atoms with Gasteiger partial charge in [0.2, 0.25) is 10.0 Å². The van der Waals surface area contributed by atoms with Gasteiger partial charge in [-0.3, -0.25) is 0 Å². The Morgan fingerprint density at radius 2 is 1.53 bits per heavy atom. The van der Waals surface area contributed by atoms with E-state index in [0.717, 1.165) is 6.26 Å². The number of sulfone groups is 1. The van der Waals surface area contributed by atoms with E-state index < -0.39 is 19.9 Å². The van der Waals surface area contributed by atoms with Crippen LogP contribution in [0.15, 0.2) is 34.1 Å². The van der Waals surface area contributed by atoms with Gasteiger partial charge < -0.3 is 5.73 Å². The quantitative estimate of drug-likeness (QED) is 0.801. The van der Waals surface area contributed by atoms with Gasteiger partial charge >= 0.3 is 0 Å². The fourth-order valence-corrected chi connectivity index (χ4v) is 3.31. The van der Waals surface area contributed by atoms with E-state index in [2.05, 4.69) is 0 Å². The lowest BCUT2D eigenvalue weighted by Crippen LogP contribution is -2.29. The zero-order valence-corrected chi connectivity index (χ0v) is 12.5. The number of hydrogen-bond donors (Lipinski definition) is 1. The molecule has 0 saturated carbocycles. The standard InChI is InChI=1S/C11H18N2O4S2/c1-13(9-3-8-12)19(16,17)11-6-4-10(5-7-11)18(2,14)15/h4-7H,3,8-9,12H2,1-2H3. The van der Waals surface area contributed by atoms with Crippen LogP contribution in [0.4, 0.5) is 0 Å². The summed E-state index contributed by atoms with van der Waals surface area (Å²) in [6, 6.07) is 5.17. The van der Waals surface area contributed by atoms with E-state index >= 15 is 0 Å². The minimum Gasteiger partial charge on any atom is -0.330 e. The molecule has 0 unspecified atom stereocenters. The number of nitrogens with two attached hydrogens (primary N) is 1. The highest BCUT2D eigenvalue weighted by molar-refractivity contribution is 7.90. The lowest BCUT2D eigenvalue weighted by Gasteiger charge is -2.16.